The van der Waals surface area contributed by atoms with Gasteiger partial charge in [-0.15, -0.1) is 0 Å². The summed E-state index contributed by atoms with van der Waals surface area (Å²) in [7, 11) is 0. The van der Waals surface area contributed by atoms with Crippen molar-refractivity contribution in [1.82, 2.24) is 13.6 Å². The molecule has 1 aliphatic rings. The SMILES string of the molecule is CC1(C)c2ccccc2-c2c1c1cccc3c1c1c(ccc4c5c(c6ccccc6n5-c5ccccc5)n2c41)n3N. The van der Waals surface area contributed by atoms with Crippen LogP contribution in [0.15, 0.2) is 109 Å². The number of hydrogen-bond donors (Lipinski definition) is 1. The molecule has 4 heterocycles. The highest BCUT2D eigenvalue weighted by Gasteiger charge is 2.40. The van der Waals surface area contributed by atoms with Crippen molar-refractivity contribution >= 4 is 60.0 Å². The largest absolute Gasteiger partial charge is 0.339 e. The molecule has 0 aliphatic heterocycles. The third kappa shape index (κ3) is 2.29. The minimum Gasteiger partial charge on any atom is -0.339 e. The maximum Gasteiger partial charge on any atom is 0.0804 e. The van der Waals surface area contributed by atoms with Crippen molar-refractivity contribution < 1.29 is 0 Å². The number of para-hydroxylation sites is 2. The third-order valence-corrected chi connectivity index (χ3v) is 9.74. The van der Waals surface area contributed by atoms with E-state index in [1.54, 1.807) is 0 Å². The topological polar surface area (TPSA) is 40.3 Å². The molecule has 0 radical (unpaired) electrons. The van der Waals surface area contributed by atoms with Crippen LogP contribution in [0.25, 0.3) is 77.0 Å². The van der Waals surface area contributed by atoms with E-state index in [4.69, 9.17) is 5.84 Å². The third-order valence-electron chi connectivity index (χ3n) is 9.74. The first kappa shape index (κ1) is 21.6. The predicted octanol–water partition coefficient (Wildman–Crippen LogP) is 8.76. The fraction of sp³-hybridized carbons (Fsp3) is 0.0811. The molecule has 0 atom stereocenters. The van der Waals surface area contributed by atoms with Crippen molar-refractivity contribution in [2.75, 3.05) is 5.84 Å². The molecule has 0 saturated heterocycles. The van der Waals surface area contributed by atoms with Crippen molar-refractivity contribution in [3.8, 4) is 16.9 Å². The number of benzene rings is 5. The van der Waals surface area contributed by atoms with Gasteiger partial charge in [0.25, 0.3) is 0 Å². The van der Waals surface area contributed by atoms with Crippen LogP contribution in [0.2, 0.25) is 0 Å². The van der Waals surface area contributed by atoms with E-state index >= 15 is 0 Å². The quantitative estimate of drug-likeness (QED) is 0.213. The lowest BCUT2D eigenvalue weighted by atomic mass is 9.81. The van der Waals surface area contributed by atoms with E-state index in [1.807, 2.05) is 4.68 Å². The van der Waals surface area contributed by atoms with Gasteiger partial charge in [0.1, 0.15) is 0 Å². The molecule has 4 aromatic heterocycles. The van der Waals surface area contributed by atoms with E-state index in [2.05, 4.69) is 132 Å². The Morgan fingerprint density at radius 2 is 1.27 bits per heavy atom. The van der Waals surface area contributed by atoms with Crippen molar-refractivity contribution in [3.05, 3.63) is 120 Å². The highest BCUT2D eigenvalue weighted by Crippen LogP contribution is 2.55. The first-order valence-electron chi connectivity index (χ1n) is 14.3. The number of nitrogen functional groups attached to an aromatic ring is 1. The van der Waals surface area contributed by atoms with Gasteiger partial charge in [-0.3, -0.25) is 4.68 Å². The van der Waals surface area contributed by atoms with Crippen LogP contribution in [0.1, 0.15) is 25.0 Å². The Morgan fingerprint density at radius 3 is 2.15 bits per heavy atom. The molecule has 4 nitrogen and oxygen atoms in total. The Morgan fingerprint density at radius 1 is 0.561 bits per heavy atom. The van der Waals surface area contributed by atoms with E-state index in [0.29, 0.717) is 0 Å². The van der Waals surface area contributed by atoms with Crippen LogP contribution in [0.4, 0.5) is 0 Å². The lowest BCUT2D eigenvalue weighted by Gasteiger charge is -2.22. The number of rotatable bonds is 1. The molecule has 9 aromatic rings. The average molecular weight is 527 g/mol. The summed E-state index contributed by atoms with van der Waals surface area (Å²) in [6.07, 6.45) is 0. The predicted molar refractivity (Wildman–Crippen MR) is 171 cm³/mol. The minimum atomic E-state index is -0.189. The highest BCUT2D eigenvalue weighted by atomic mass is 15.3. The fourth-order valence-corrected chi connectivity index (χ4v) is 8.17. The fourth-order valence-electron chi connectivity index (χ4n) is 8.17. The van der Waals surface area contributed by atoms with Crippen LogP contribution in [0, 0.1) is 0 Å². The number of fused-ring (bicyclic) bond motifs is 10. The molecule has 0 saturated carbocycles. The molecule has 0 spiro atoms. The van der Waals surface area contributed by atoms with Crippen LogP contribution in [0.5, 0.6) is 0 Å². The van der Waals surface area contributed by atoms with Gasteiger partial charge in [-0.25, -0.2) is 0 Å². The summed E-state index contributed by atoms with van der Waals surface area (Å²) in [6, 6.07) is 39.7. The van der Waals surface area contributed by atoms with E-state index in [1.165, 1.54) is 77.1 Å². The number of hydrogen-bond acceptors (Lipinski definition) is 1. The van der Waals surface area contributed by atoms with Crippen molar-refractivity contribution in [3.63, 3.8) is 0 Å². The Hall–Kier alpha value is -5.22. The Balaban J connectivity index is 1.64. The van der Waals surface area contributed by atoms with Gasteiger partial charge in [-0.2, -0.15) is 0 Å². The maximum absolute atomic E-state index is 6.86. The molecule has 0 fully saturated rings. The van der Waals surface area contributed by atoms with Crippen molar-refractivity contribution in [2.24, 2.45) is 0 Å². The van der Waals surface area contributed by atoms with E-state index in [-0.39, 0.29) is 5.41 Å². The smallest absolute Gasteiger partial charge is 0.0804 e. The first-order chi connectivity index (χ1) is 20.1. The number of aromatic nitrogens is 3. The van der Waals surface area contributed by atoms with Gasteiger partial charge in [0, 0.05) is 38.2 Å². The van der Waals surface area contributed by atoms with Crippen LogP contribution < -0.4 is 5.84 Å². The molecule has 4 heteroatoms. The van der Waals surface area contributed by atoms with Crippen LogP contribution in [0.3, 0.4) is 0 Å². The molecule has 5 aromatic carbocycles. The second-order valence-corrected chi connectivity index (χ2v) is 12.0. The van der Waals surface area contributed by atoms with Gasteiger partial charge < -0.3 is 14.8 Å². The van der Waals surface area contributed by atoms with Gasteiger partial charge in [-0.1, -0.05) is 86.6 Å². The van der Waals surface area contributed by atoms with Gasteiger partial charge in [0.15, 0.2) is 0 Å². The summed E-state index contributed by atoms with van der Waals surface area (Å²) in [5.74, 6) is 6.86. The summed E-state index contributed by atoms with van der Waals surface area (Å²) in [5, 5.41) is 6.26. The van der Waals surface area contributed by atoms with Gasteiger partial charge in [0.05, 0.1) is 38.8 Å². The molecule has 10 rings (SSSR count). The van der Waals surface area contributed by atoms with Gasteiger partial charge >= 0.3 is 0 Å². The number of nitrogens with zero attached hydrogens (tertiary/aromatic N) is 3. The lowest BCUT2D eigenvalue weighted by Crippen LogP contribution is -2.15. The molecule has 41 heavy (non-hydrogen) atoms. The zero-order valence-electron chi connectivity index (χ0n) is 22.8. The minimum absolute atomic E-state index is 0.189. The second-order valence-electron chi connectivity index (χ2n) is 12.0. The average Bonchev–Trinajstić information content (AvgIpc) is 3.64. The molecule has 0 unspecified atom stereocenters. The monoisotopic (exact) mass is 526 g/mol. The van der Waals surface area contributed by atoms with Crippen LogP contribution >= 0.6 is 0 Å². The summed E-state index contributed by atoms with van der Waals surface area (Å²) in [6.45, 7) is 4.76. The van der Waals surface area contributed by atoms with Crippen LogP contribution in [-0.2, 0) is 5.41 Å². The van der Waals surface area contributed by atoms with E-state index in [0.717, 1.165) is 11.0 Å². The summed E-state index contributed by atoms with van der Waals surface area (Å²) >= 11 is 0. The van der Waals surface area contributed by atoms with Crippen molar-refractivity contribution in [1.29, 1.82) is 0 Å². The van der Waals surface area contributed by atoms with Gasteiger partial charge in [0.2, 0.25) is 0 Å². The summed E-state index contributed by atoms with van der Waals surface area (Å²) in [5.41, 5.74) is 13.4. The molecular weight excluding hydrogens is 500 g/mol. The molecular formula is C37H26N4. The molecule has 0 amide bonds. The van der Waals surface area contributed by atoms with Crippen molar-refractivity contribution in [2.45, 2.75) is 19.3 Å². The van der Waals surface area contributed by atoms with E-state index < -0.39 is 0 Å². The molecule has 1 aliphatic carbocycles. The summed E-state index contributed by atoms with van der Waals surface area (Å²) in [4.78, 5) is 0. The molecule has 0 bridgehead atoms. The molecule has 2 N–H and O–H groups in total. The maximum atomic E-state index is 6.86. The summed E-state index contributed by atoms with van der Waals surface area (Å²) < 4.78 is 6.93. The highest BCUT2D eigenvalue weighted by molar-refractivity contribution is 6.32. The Bertz CT molecular complexity index is 2550. The zero-order chi connectivity index (χ0) is 27.2. The normalized spacial score (nSPS) is 14.4. The lowest BCUT2D eigenvalue weighted by molar-refractivity contribution is 0.665. The molecule has 194 valence electrons. The number of nitrogens with two attached hydrogens (primary N) is 1. The standard InChI is InChI=1S/C37H26N4/c1-37(2)26-16-8-6-13-22(26)34-32(37)24-15-10-18-28-30(24)31-29(41(28)38)20-19-25-33(31)40(34)35-23-14-7-9-17-27(23)39(36(25)35)21-11-4-3-5-12-21/h3-20H,38H2,1-2H3. The van der Waals surface area contributed by atoms with Gasteiger partial charge in [-0.05, 0) is 52.9 Å². The zero-order valence-corrected chi connectivity index (χ0v) is 22.8. The Labute approximate surface area is 235 Å². The van der Waals surface area contributed by atoms with Crippen LogP contribution in [-0.4, -0.2) is 13.6 Å². The Kier molecular flexibility index (Phi) is 3.64. The first-order valence-corrected chi connectivity index (χ1v) is 14.3. The van der Waals surface area contributed by atoms with E-state index in [9.17, 15) is 0 Å². The second kappa shape index (κ2) is 6.91.